The van der Waals surface area contributed by atoms with Crippen molar-refractivity contribution in [3.8, 4) is 0 Å². The largest absolute Gasteiger partial charge is 0.279 e. The van der Waals surface area contributed by atoms with Gasteiger partial charge < -0.3 is 0 Å². The maximum Gasteiger partial charge on any atom is 0.260 e. The summed E-state index contributed by atoms with van der Waals surface area (Å²) < 4.78 is 1.10. The molecular formula is C25H25N3OS2. The lowest BCUT2D eigenvalue weighted by Crippen LogP contribution is -2.30. The third-order valence-electron chi connectivity index (χ3n) is 4.99. The molecule has 0 unspecified atom stereocenters. The summed E-state index contributed by atoms with van der Waals surface area (Å²) in [6.45, 7) is 6.88. The van der Waals surface area contributed by atoms with Crippen molar-refractivity contribution in [2.24, 2.45) is 0 Å². The van der Waals surface area contributed by atoms with Crippen LogP contribution in [0.4, 0.5) is 5.13 Å². The maximum atomic E-state index is 13.7. The molecule has 2 aromatic heterocycles. The molecule has 0 radical (unpaired) electrons. The summed E-state index contributed by atoms with van der Waals surface area (Å²) in [6, 6.07) is 18.0. The quantitative estimate of drug-likeness (QED) is 0.293. The predicted molar refractivity (Wildman–Crippen MR) is 131 cm³/mol. The van der Waals surface area contributed by atoms with Crippen LogP contribution in [0.15, 0.2) is 71.9 Å². The fourth-order valence-electron chi connectivity index (χ4n) is 3.48. The van der Waals surface area contributed by atoms with Gasteiger partial charge in [-0.15, -0.1) is 11.8 Å². The van der Waals surface area contributed by atoms with Crippen LogP contribution < -0.4 is 4.90 Å². The average Bonchev–Trinajstić information content (AvgIpc) is 3.22. The molecule has 0 saturated carbocycles. The van der Waals surface area contributed by atoms with E-state index >= 15 is 0 Å². The first-order valence-corrected chi connectivity index (χ1v) is 12.2. The van der Waals surface area contributed by atoms with Gasteiger partial charge in [0.25, 0.3) is 5.91 Å². The number of fused-ring (bicyclic) bond motifs is 1. The highest BCUT2D eigenvalue weighted by molar-refractivity contribution is 7.99. The smallest absolute Gasteiger partial charge is 0.260 e. The van der Waals surface area contributed by atoms with Crippen LogP contribution in [0.2, 0.25) is 0 Å². The molecule has 0 N–H and O–H groups in total. The Morgan fingerprint density at radius 2 is 1.97 bits per heavy atom. The number of aromatic nitrogens is 2. The van der Waals surface area contributed by atoms with E-state index in [1.165, 1.54) is 5.56 Å². The van der Waals surface area contributed by atoms with Crippen molar-refractivity contribution < 1.29 is 4.79 Å². The van der Waals surface area contributed by atoms with Crippen molar-refractivity contribution in [3.63, 3.8) is 0 Å². The first-order valence-electron chi connectivity index (χ1n) is 10.4. The Kier molecular flexibility index (Phi) is 6.68. The molecule has 0 fully saturated rings. The van der Waals surface area contributed by atoms with E-state index in [-0.39, 0.29) is 5.91 Å². The van der Waals surface area contributed by atoms with Gasteiger partial charge in [-0.05, 0) is 53.1 Å². The molecule has 31 heavy (non-hydrogen) atoms. The van der Waals surface area contributed by atoms with Crippen LogP contribution in [0.5, 0.6) is 0 Å². The summed E-state index contributed by atoms with van der Waals surface area (Å²) >= 11 is 3.30. The summed E-state index contributed by atoms with van der Waals surface area (Å²) in [6.07, 6.45) is 3.55. The Bertz CT molecular complexity index is 1190. The lowest BCUT2D eigenvalue weighted by Gasteiger charge is -2.20. The number of benzene rings is 2. The third kappa shape index (κ3) is 4.81. The zero-order chi connectivity index (χ0) is 21.8. The molecule has 2 heterocycles. The Morgan fingerprint density at radius 3 is 2.71 bits per heavy atom. The lowest BCUT2D eigenvalue weighted by molar-refractivity contribution is 0.0985. The zero-order valence-electron chi connectivity index (χ0n) is 17.9. The summed E-state index contributed by atoms with van der Waals surface area (Å²) in [5.74, 6) is 1.28. The molecule has 0 saturated heterocycles. The van der Waals surface area contributed by atoms with Crippen LogP contribution in [0.25, 0.3) is 10.2 Å². The van der Waals surface area contributed by atoms with E-state index in [2.05, 4.69) is 44.0 Å². The minimum atomic E-state index is -0.0486. The minimum Gasteiger partial charge on any atom is -0.279 e. The molecule has 158 valence electrons. The fourth-order valence-corrected chi connectivity index (χ4v) is 5.20. The van der Waals surface area contributed by atoms with E-state index in [0.717, 1.165) is 26.4 Å². The number of para-hydroxylation sites is 1. The number of thioether (sulfide) groups is 1. The van der Waals surface area contributed by atoms with Crippen LogP contribution >= 0.6 is 23.1 Å². The van der Waals surface area contributed by atoms with E-state index in [1.807, 2.05) is 36.4 Å². The number of hydrogen-bond acceptors (Lipinski definition) is 5. The molecule has 0 aliphatic carbocycles. The molecule has 4 aromatic rings. The molecule has 4 rings (SSSR count). The highest BCUT2D eigenvalue weighted by Crippen LogP contribution is 2.35. The fraction of sp³-hybridized carbons (Fsp3) is 0.240. The lowest BCUT2D eigenvalue weighted by atomic mass is 10.0. The number of rotatable bonds is 7. The first-order chi connectivity index (χ1) is 15.1. The normalized spacial score (nSPS) is 11.2. The number of pyridine rings is 1. The van der Waals surface area contributed by atoms with Crippen molar-refractivity contribution in [3.05, 3.63) is 83.7 Å². The summed E-state index contributed by atoms with van der Waals surface area (Å²) in [7, 11) is 0. The van der Waals surface area contributed by atoms with Gasteiger partial charge in [0.1, 0.15) is 0 Å². The van der Waals surface area contributed by atoms with E-state index in [9.17, 15) is 4.79 Å². The van der Waals surface area contributed by atoms with Crippen LogP contribution in [-0.2, 0) is 6.54 Å². The second kappa shape index (κ2) is 9.62. The van der Waals surface area contributed by atoms with E-state index in [4.69, 9.17) is 4.98 Å². The SMILES string of the molecule is CCSc1cccc(C(=O)N(Cc2cccnc2)c2nc3c(C(C)C)cccc3s2)c1. The van der Waals surface area contributed by atoms with Crippen molar-refractivity contribution in [1.82, 2.24) is 9.97 Å². The van der Waals surface area contributed by atoms with Crippen molar-refractivity contribution in [2.75, 3.05) is 10.7 Å². The van der Waals surface area contributed by atoms with Gasteiger partial charge >= 0.3 is 0 Å². The standard InChI is InChI=1S/C25H25N3OS2/c1-4-30-20-10-5-9-19(14-20)24(29)28(16-18-8-7-13-26-15-18)25-27-23-21(17(2)3)11-6-12-22(23)31-25/h5-15,17H,4,16H2,1-3H3. The van der Waals surface area contributed by atoms with E-state index in [0.29, 0.717) is 23.2 Å². The Labute approximate surface area is 191 Å². The number of carbonyl (C=O) groups is 1. The molecular weight excluding hydrogens is 422 g/mol. The molecule has 0 bridgehead atoms. The second-order valence-electron chi connectivity index (χ2n) is 7.56. The van der Waals surface area contributed by atoms with Crippen LogP contribution in [0.1, 0.15) is 48.2 Å². The van der Waals surface area contributed by atoms with Crippen LogP contribution in [0.3, 0.4) is 0 Å². The molecule has 0 aliphatic heterocycles. The van der Waals surface area contributed by atoms with Crippen LogP contribution in [-0.4, -0.2) is 21.6 Å². The zero-order valence-corrected chi connectivity index (χ0v) is 19.5. The second-order valence-corrected chi connectivity index (χ2v) is 9.91. The summed E-state index contributed by atoms with van der Waals surface area (Å²) in [5.41, 5.74) is 3.83. The number of carbonyl (C=O) groups excluding carboxylic acids is 1. The Hall–Kier alpha value is -2.70. The minimum absolute atomic E-state index is 0.0486. The van der Waals surface area contributed by atoms with Gasteiger partial charge in [0.2, 0.25) is 0 Å². The number of thiazole rings is 1. The maximum absolute atomic E-state index is 13.7. The highest BCUT2D eigenvalue weighted by atomic mass is 32.2. The van der Waals surface area contributed by atoms with Gasteiger partial charge in [0.15, 0.2) is 5.13 Å². The first kappa shape index (κ1) is 21.5. The van der Waals surface area contributed by atoms with Gasteiger partial charge in [0.05, 0.1) is 16.8 Å². The van der Waals surface area contributed by atoms with Gasteiger partial charge in [-0.2, -0.15) is 0 Å². The average molecular weight is 448 g/mol. The van der Waals surface area contributed by atoms with Crippen molar-refractivity contribution >= 4 is 44.4 Å². The van der Waals surface area contributed by atoms with E-state index in [1.54, 1.807) is 40.4 Å². The third-order valence-corrected chi connectivity index (χ3v) is 6.91. The monoisotopic (exact) mass is 447 g/mol. The molecule has 6 heteroatoms. The Balaban J connectivity index is 1.78. The van der Waals surface area contributed by atoms with Crippen molar-refractivity contribution in [2.45, 2.75) is 38.1 Å². The van der Waals surface area contributed by atoms with E-state index < -0.39 is 0 Å². The number of anilines is 1. The van der Waals surface area contributed by atoms with Gasteiger partial charge in [0, 0.05) is 22.9 Å². The molecule has 0 spiro atoms. The summed E-state index contributed by atoms with van der Waals surface area (Å²) in [4.78, 5) is 25.7. The summed E-state index contributed by atoms with van der Waals surface area (Å²) in [5, 5.41) is 0.713. The van der Waals surface area contributed by atoms with Crippen molar-refractivity contribution in [1.29, 1.82) is 0 Å². The number of hydrogen-bond donors (Lipinski definition) is 0. The van der Waals surface area contributed by atoms with Gasteiger partial charge in [-0.3, -0.25) is 14.7 Å². The van der Waals surface area contributed by atoms with Crippen LogP contribution in [0, 0.1) is 0 Å². The number of nitrogens with zero attached hydrogens (tertiary/aromatic N) is 3. The van der Waals surface area contributed by atoms with Gasteiger partial charge in [-0.1, -0.05) is 56.4 Å². The molecule has 0 atom stereocenters. The van der Waals surface area contributed by atoms with Gasteiger partial charge in [-0.25, -0.2) is 4.98 Å². The highest BCUT2D eigenvalue weighted by Gasteiger charge is 2.23. The molecule has 2 aromatic carbocycles. The topological polar surface area (TPSA) is 46.1 Å². The molecule has 4 nitrogen and oxygen atoms in total. The molecule has 1 amide bonds. The molecule has 0 aliphatic rings. The Morgan fingerprint density at radius 1 is 1.13 bits per heavy atom. The predicted octanol–water partition coefficient (Wildman–Crippen LogP) is 6.77. The number of amides is 1.